The molecule has 3 rings (SSSR count). The van der Waals surface area contributed by atoms with Crippen LogP contribution in [0.15, 0.2) is 81.5 Å². The zero-order chi connectivity index (χ0) is 21.3. The van der Waals surface area contributed by atoms with E-state index in [-0.39, 0.29) is 0 Å². The maximum atomic E-state index is 6.06. The molecule has 4 nitrogen and oxygen atoms in total. The lowest BCUT2D eigenvalue weighted by atomic mass is 9.87. The minimum Gasteiger partial charge on any atom is -0.493 e. The number of hydrogen-bond donors (Lipinski definition) is 1. The number of nitrogens with zero attached hydrogens (tertiary/aromatic N) is 2. The van der Waals surface area contributed by atoms with Gasteiger partial charge in [0.25, 0.3) is 0 Å². The van der Waals surface area contributed by atoms with Crippen LogP contribution in [-0.2, 0) is 6.42 Å². The van der Waals surface area contributed by atoms with Crippen LogP contribution in [0.1, 0.15) is 37.3 Å². The minimum atomic E-state index is 0.763. The van der Waals surface area contributed by atoms with E-state index in [0.29, 0.717) is 0 Å². The van der Waals surface area contributed by atoms with E-state index in [1.165, 1.54) is 11.1 Å². The van der Waals surface area contributed by atoms with Gasteiger partial charge in [0.2, 0.25) is 0 Å². The molecule has 156 valence electrons. The predicted octanol–water partition coefficient (Wildman–Crippen LogP) is 5.45. The summed E-state index contributed by atoms with van der Waals surface area (Å²) in [6, 6.07) is 6.49. The van der Waals surface area contributed by atoms with Gasteiger partial charge in [-0.15, -0.1) is 0 Å². The molecule has 0 bridgehead atoms. The highest BCUT2D eigenvalue weighted by molar-refractivity contribution is 6.00. The fourth-order valence-electron chi connectivity index (χ4n) is 3.80. The van der Waals surface area contributed by atoms with Crippen LogP contribution in [0, 0.1) is 0 Å². The fourth-order valence-corrected chi connectivity index (χ4v) is 3.80. The summed E-state index contributed by atoms with van der Waals surface area (Å²) in [5, 5.41) is 3.29. The van der Waals surface area contributed by atoms with Crippen molar-refractivity contribution in [2.45, 2.75) is 32.6 Å². The highest BCUT2D eigenvalue weighted by Crippen LogP contribution is 2.36. The SMILES string of the molecule is C=C(C1=CCC=CC=C1C)/C(=C(\C=NC)NC=NC)c1ccc2c(c1)OCCCC2. The zero-order valence-electron chi connectivity index (χ0n) is 18.2. The molecule has 1 N–H and O–H groups in total. The number of rotatable bonds is 6. The molecular weight excluding hydrogens is 370 g/mol. The minimum absolute atomic E-state index is 0.763. The molecule has 1 aromatic carbocycles. The number of benzene rings is 1. The molecule has 4 heteroatoms. The van der Waals surface area contributed by atoms with Gasteiger partial charge >= 0.3 is 0 Å². The van der Waals surface area contributed by atoms with Gasteiger partial charge in [0.15, 0.2) is 0 Å². The van der Waals surface area contributed by atoms with E-state index < -0.39 is 0 Å². The zero-order valence-corrected chi connectivity index (χ0v) is 18.2. The molecular formula is C26H31N3O. The molecule has 0 radical (unpaired) electrons. The highest BCUT2D eigenvalue weighted by atomic mass is 16.5. The van der Waals surface area contributed by atoms with Gasteiger partial charge in [-0.1, -0.05) is 43.0 Å². The Morgan fingerprint density at radius 2 is 2.07 bits per heavy atom. The molecule has 1 aliphatic heterocycles. The number of nitrogens with one attached hydrogen (secondary N) is 1. The van der Waals surface area contributed by atoms with E-state index in [1.807, 2.05) is 6.21 Å². The van der Waals surface area contributed by atoms with Gasteiger partial charge in [-0.3, -0.25) is 9.98 Å². The smallest absolute Gasteiger partial charge is 0.123 e. The molecule has 0 saturated carbocycles. The van der Waals surface area contributed by atoms with E-state index in [1.54, 1.807) is 20.4 Å². The van der Waals surface area contributed by atoms with Crippen molar-refractivity contribution in [3.05, 3.63) is 82.6 Å². The summed E-state index contributed by atoms with van der Waals surface area (Å²) in [4.78, 5) is 8.37. The monoisotopic (exact) mass is 401 g/mol. The largest absolute Gasteiger partial charge is 0.493 e. The van der Waals surface area contributed by atoms with Gasteiger partial charge in [0.1, 0.15) is 5.75 Å². The van der Waals surface area contributed by atoms with E-state index in [0.717, 1.165) is 66.0 Å². The molecule has 2 aliphatic rings. The highest BCUT2D eigenvalue weighted by Gasteiger charge is 2.19. The molecule has 30 heavy (non-hydrogen) atoms. The van der Waals surface area contributed by atoms with Crippen LogP contribution in [0.25, 0.3) is 5.57 Å². The number of ether oxygens (including phenoxy) is 1. The summed E-state index contributed by atoms with van der Waals surface area (Å²) in [5.74, 6) is 0.969. The van der Waals surface area contributed by atoms with Gasteiger partial charge in [-0.05, 0) is 66.5 Å². The average Bonchev–Trinajstić information content (AvgIpc) is 3.11. The maximum absolute atomic E-state index is 6.06. The second-order valence-corrected chi connectivity index (χ2v) is 7.45. The number of hydrogen-bond acceptors (Lipinski definition) is 3. The van der Waals surface area contributed by atoms with Crippen LogP contribution in [0.5, 0.6) is 5.75 Å². The van der Waals surface area contributed by atoms with Gasteiger partial charge < -0.3 is 10.1 Å². The quantitative estimate of drug-likeness (QED) is 0.391. The lowest BCUT2D eigenvalue weighted by Gasteiger charge is -2.20. The Hall–Kier alpha value is -3.14. The number of allylic oxidation sites excluding steroid dienone is 9. The summed E-state index contributed by atoms with van der Waals surface area (Å²) in [6.45, 7) is 7.39. The molecule has 1 heterocycles. The summed E-state index contributed by atoms with van der Waals surface area (Å²) in [6.07, 6.45) is 16.3. The molecule has 0 spiro atoms. The van der Waals surface area contributed by atoms with Crippen molar-refractivity contribution in [3.8, 4) is 5.75 Å². The lowest BCUT2D eigenvalue weighted by molar-refractivity contribution is 0.317. The van der Waals surface area contributed by atoms with Crippen LogP contribution >= 0.6 is 0 Å². The molecule has 0 fully saturated rings. The summed E-state index contributed by atoms with van der Waals surface area (Å²) in [7, 11) is 3.51. The molecule has 0 unspecified atom stereocenters. The molecule has 1 aliphatic carbocycles. The van der Waals surface area contributed by atoms with Crippen LogP contribution in [-0.4, -0.2) is 33.3 Å². The second kappa shape index (κ2) is 10.6. The topological polar surface area (TPSA) is 46.0 Å². The predicted molar refractivity (Wildman–Crippen MR) is 128 cm³/mol. The number of fused-ring (bicyclic) bond motifs is 1. The third kappa shape index (κ3) is 5.07. The first-order chi connectivity index (χ1) is 14.7. The summed E-state index contributed by atoms with van der Waals surface area (Å²) >= 11 is 0. The van der Waals surface area contributed by atoms with Crippen LogP contribution in [0.4, 0.5) is 0 Å². The molecule has 0 atom stereocenters. The first-order valence-electron chi connectivity index (χ1n) is 10.5. The van der Waals surface area contributed by atoms with Crippen molar-refractivity contribution >= 4 is 18.1 Å². The Morgan fingerprint density at radius 1 is 1.20 bits per heavy atom. The van der Waals surface area contributed by atoms with Crippen LogP contribution in [0.3, 0.4) is 0 Å². The molecule has 1 aromatic rings. The van der Waals surface area contributed by atoms with E-state index in [2.05, 4.69) is 71.3 Å². The van der Waals surface area contributed by atoms with E-state index >= 15 is 0 Å². The van der Waals surface area contributed by atoms with Crippen molar-refractivity contribution < 1.29 is 4.74 Å². The fraction of sp³-hybridized carbons (Fsp3) is 0.308. The average molecular weight is 402 g/mol. The van der Waals surface area contributed by atoms with Gasteiger partial charge in [-0.2, -0.15) is 0 Å². The van der Waals surface area contributed by atoms with Crippen molar-refractivity contribution in [2.24, 2.45) is 9.98 Å². The molecule has 0 amide bonds. The van der Waals surface area contributed by atoms with Crippen molar-refractivity contribution in [3.63, 3.8) is 0 Å². The first kappa shape index (κ1) is 21.6. The standard InChI is InChI=1S/C26H31N3O/c1-19-10-6-5-7-12-23(19)20(2)26(24(17-27-3)29-18-28-4)22-14-13-21-11-8-9-15-30-25(21)16-22/h5-6,10,12-14,16-18H,2,7-9,11,15H2,1,3-4H3,(H,28,29)/b26-24-,27-17?. The van der Waals surface area contributed by atoms with E-state index in [9.17, 15) is 0 Å². The Morgan fingerprint density at radius 3 is 2.87 bits per heavy atom. The number of aliphatic imine (C=N–C) groups is 2. The maximum Gasteiger partial charge on any atom is 0.123 e. The first-order valence-corrected chi connectivity index (χ1v) is 10.5. The third-order valence-corrected chi connectivity index (χ3v) is 5.32. The third-order valence-electron chi connectivity index (χ3n) is 5.32. The Balaban J connectivity index is 2.16. The van der Waals surface area contributed by atoms with Gasteiger partial charge in [0, 0.05) is 25.9 Å². The molecule has 0 saturated heterocycles. The van der Waals surface area contributed by atoms with Gasteiger partial charge in [-0.25, -0.2) is 0 Å². The van der Waals surface area contributed by atoms with Crippen LogP contribution in [0.2, 0.25) is 0 Å². The van der Waals surface area contributed by atoms with Crippen LogP contribution < -0.4 is 10.1 Å². The second-order valence-electron chi connectivity index (χ2n) is 7.45. The normalized spacial score (nSPS) is 17.4. The van der Waals surface area contributed by atoms with E-state index in [4.69, 9.17) is 4.74 Å². The van der Waals surface area contributed by atoms with Crippen molar-refractivity contribution in [2.75, 3.05) is 20.7 Å². The number of aryl methyl sites for hydroxylation is 1. The van der Waals surface area contributed by atoms with Gasteiger partial charge in [0.05, 0.1) is 18.6 Å². The Kier molecular flexibility index (Phi) is 7.61. The molecule has 0 aromatic heterocycles. The van der Waals surface area contributed by atoms with Crippen molar-refractivity contribution in [1.29, 1.82) is 0 Å². The van der Waals surface area contributed by atoms with Crippen molar-refractivity contribution in [1.82, 2.24) is 5.32 Å². The summed E-state index contributed by atoms with van der Waals surface area (Å²) < 4.78 is 6.06. The lowest BCUT2D eigenvalue weighted by Crippen LogP contribution is -2.16. The Bertz CT molecular complexity index is 974. The summed E-state index contributed by atoms with van der Waals surface area (Å²) in [5.41, 5.74) is 7.46. The Labute approximate surface area is 180 Å².